The van der Waals surface area contributed by atoms with E-state index in [4.69, 9.17) is 32.7 Å². The molecule has 5 nitrogen and oxygen atoms in total. The van der Waals surface area contributed by atoms with Gasteiger partial charge in [-0.1, -0.05) is 35.8 Å². The third-order valence-corrected chi connectivity index (χ3v) is 6.75. The van der Waals surface area contributed by atoms with Gasteiger partial charge in [-0.05, 0) is 48.0 Å². The van der Waals surface area contributed by atoms with Gasteiger partial charge in [0.15, 0.2) is 0 Å². The fraction of sp³-hybridized carbons (Fsp3) is 0.231. The summed E-state index contributed by atoms with van der Waals surface area (Å²) in [5, 5.41) is 0.762. The number of pyridine rings is 1. The highest BCUT2D eigenvalue weighted by molar-refractivity contribution is 6.42. The molecule has 1 unspecified atom stereocenters. The van der Waals surface area contributed by atoms with Crippen molar-refractivity contribution in [2.24, 2.45) is 5.92 Å². The Balaban J connectivity index is 1.59. The predicted molar refractivity (Wildman–Crippen MR) is 131 cm³/mol. The summed E-state index contributed by atoms with van der Waals surface area (Å²) in [6.07, 6.45) is -3.01. The largest absolute Gasteiger partial charge is 0.481 e. The number of halogens is 5. The number of nitrogens with zero attached hydrogens (tertiary/aromatic N) is 2. The molecule has 3 aromatic rings. The average molecular weight is 537 g/mol. The molecule has 188 valence electrons. The van der Waals surface area contributed by atoms with Crippen molar-refractivity contribution in [3.05, 3.63) is 99.9 Å². The highest BCUT2D eigenvalue weighted by Crippen LogP contribution is 2.40. The highest BCUT2D eigenvalue weighted by atomic mass is 35.5. The van der Waals surface area contributed by atoms with Gasteiger partial charge in [0.2, 0.25) is 5.88 Å². The number of ether oxygens (including phenoxy) is 2. The first-order valence-corrected chi connectivity index (χ1v) is 11.6. The number of carbonyl (C=O) groups excluding carboxylic acids is 1. The van der Waals surface area contributed by atoms with Gasteiger partial charge in [-0.2, -0.15) is 13.2 Å². The van der Waals surface area contributed by atoms with Crippen molar-refractivity contribution in [1.29, 1.82) is 0 Å². The van der Waals surface area contributed by atoms with E-state index in [1.54, 1.807) is 29.2 Å². The molecular weight excluding hydrogens is 516 g/mol. The summed E-state index contributed by atoms with van der Waals surface area (Å²) in [5.74, 6) is 0.0773. The van der Waals surface area contributed by atoms with Crippen molar-refractivity contribution in [3.8, 4) is 11.6 Å². The van der Waals surface area contributed by atoms with Crippen LogP contribution in [-0.4, -0.2) is 36.0 Å². The molecule has 1 amide bonds. The van der Waals surface area contributed by atoms with E-state index in [9.17, 15) is 18.0 Å². The van der Waals surface area contributed by atoms with Crippen LogP contribution in [0.4, 0.5) is 13.2 Å². The molecule has 4 rings (SSSR count). The zero-order valence-electron chi connectivity index (χ0n) is 19.1. The molecule has 1 aromatic heterocycles. The Bertz CT molecular complexity index is 1260. The first-order chi connectivity index (χ1) is 17.1. The second kappa shape index (κ2) is 10.4. The molecule has 0 spiro atoms. The summed E-state index contributed by atoms with van der Waals surface area (Å²) >= 11 is 12.3. The molecule has 0 saturated carbocycles. The van der Waals surface area contributed by atoms with Crippen molar-refractivity contribution in [1.82, 2.24) is 9.88 Å². The molecule has 1 saturated heterocycles. The maximum Gasteiger partial charge on any atom is 0.416 e. The zero-order valence-corrected chi connectivity index (χ0v) is 20.6. The number of carbonyl (C=O) groups is 1. The molecule has 0 radical (unpaired) electrons. The highest BCUT2D eigenvalue weighted by Gasteiger charge is 2.39. The summed E-state index contributed by atoms with van der Waals surface area (Å²) in [4.78, 5) is 19.0. The number of amides is 1. The SMILES string of the molecule is C=C(Oc1ccc(C(F)(F)F)cc1)C1CN(C(=O)c2ccc(OC)nc2)C[C@H]1c1ccc(Cl)c(Cl)c1. The smallest absolute Gasteiger partial charge is 0.416 e. The molecule has 1 fully saturated rings. The van der Waals surface area contributed by atoms with Crippen LogP contribution in [-0.2, 0) is 6.18 Å². The van der Waals surface area contributed by atoms with Crippen molar-refractivity contribution in [2.75, 3.05) is 20.2 Å². The number of rotatable bonds is 6. The standard InChI is InChI=1S/C26H21Cl2F3N2O3/c1-15(36-19-7-5-18(6-8-19)26(29,30)31)20-13-33(25(34)17-4-10-24(35-2)32-12-17)14-21(20)16-3-9-22(27)23(28)11-16/h3-12,20-21H,1,13-14H2,2H3/t20?,21-/m0/s1. The average Bonchev–Trinajstić information content (AvgIpc) is 3.31. The Kier molecular flexibility index (Phi) is 7.47. The fourth-order valence-electron chi connectivity index (χ4n) is 4.13. The fourth-order valence-corrected chi connectivity index (χ4v) is 4.43. The van der Waals surface area contributed by atoms with Crippen LogP contribution in [0.2, 0.25) is 10.0 Å². The lowest BCUT2D eigenvalue weighted by molar-refractivity contribution is -0.137. The lowest BCUT2D eigenvalue weighted by Gasteiger charge is -2.21. The number of alkyl halides is 3. The minimum absolute atomic E-state index is 0.213. The molecule has 0 bridgehead atoms. The van der Waals surface area contributed by atoms with E-state index in [-0.39, 0.29) is 30.0 Å². The number of methoxy groups -OCH3 is 1. The summed E-state index contributed by atoms with van der Waals surface area (Å²) < 4.78 is 49.6. The molecular formula is C26H21Cl2F3N2O3. The van der Waals surface area contributed by atoms with Gasteiger partial charge >= 0.3 is 6.18 Å². The predicted octanol–water partition coefficient (Wildman–Crippen LogP) is 6.86. The van der Waals surface area contributed by atoms with Crippen LogP contribution in [0.1, 0.15) is 27.4 Å². The number of hydrogen-bond donors (Lipinski definition) is 0. The van der Waals surface area contributed by atoms with Gasteiger partial charge in [0, 0.05) is 37.2 Å². The van der Waals surface area contributed by atoms with E-state index in [2.05, 4.69) is 11.6 Å². The third-order valence-electron chi connectivity index (χ3n) is 6.02. The first-order valence-electron chi connectivity index (χ1n) is 10.8. The normalized spacial score (nSPS) is 17.7. The monoisotopic (exact) mass is 536 g/mol. The third kappa shape index (κ3) is 5.60. The van der Waals surface area contributed by atoms with Crippen LogP contribution < -0.4 is 9.47 Å². The van der Waals surface area contributed by atoms with E-state index in [0.717, 1.165) is 17.7 Å². The van der Waals surface area contributed by atoms with Crippen LogP contribution in [0.25, 0.3) is 0 Å². The summed E-state index contributed by atoms with van der Waals surface area (Å²) in [6, 6.07) is 12.8. The second-order valence-electron chi connectivity index (χ2n) is 8.28. The molecule has 2 heterocycles. The van der Waals surface area contributed by atoms with Gasteiger partial charge in [-0.25, -0.2) is 4.98 Å². The minimum Gasteiger partial charge on any atom is -0.481 e. The van der Waals surface area contributed by atoms with Crippen LogP contribution in [0.5, 0.6) is 11.6 Å². The molecule has 0 aliphatic carbocycles. The van der Waals surface area contributed by atoms with E-state index in [0.29, 0.717) is 33.8 Å². The quantitative estimate of drug-likeness (QED) is 0.323. The van der Waals surface area contributed by atoms with E-state index in [1.165, 1.54) is 25.4 Å². The number of hydrogen-bond acceptors (Lipinski definition) is 4. The molecule has 2 aromatic carbocycles. The van der Waals surface area contributed by atoms with Crippen LogP contribution in [0.15, 0.2) is 73.1 Å². The zero-order chi connectivity index (χ0) is 26.0. The molecule has 10 heteroatoms. The Morgan fingerprint density at radius 3 is 2.36 bits per heavy atom. The first kappa shape index (κ1) is 25.9. The van der Waals surface area contributed by atoms with Crippen LogP contribution in [0, 0.1) is 5.92 Å². The van der Waals surface area contributed by atoms with Gasteiger partial charge in [-0.15, -0.1) is 0 Å². The summed E-state index contributed by atoms with van der Waals surface area (Å²) in [5.41, 5.74) is 0.438. The summed E-state index contributed by atoms with van der Waals surface area (Å²) in [7, 11) is 1.49. The topological polar surface area (TPSA) is 51.7 Å². The lowest BCUT2D eigenvalue weighted by atomic mass is 9.88. The van der Waals surface area contributed by atoms with Gasteiger partial charge in [0.05, 0.1) is 28.3 Å². The van der Waals surface area contributed by atoms with Crippen molar-refractivity contribution in [3.63, 3.8) is 0 Å². The number of benzene rings is 2. The van der Waals surface area contributed by atoms with Gasteiger partial charge in [-0.3, -0.25) is 4.79 Å². The lowest BCUT2D eigenvalue weighted by Crippen LogP contribution is -2.29. The Morgan fingerprint density at radius 1 is 1.06 bits per heavy atom. The van der Waals surface area contributed by atoms with Crippen LogP contribution in [0.3, 0.4) is 0 Å². The Labute approximate surface area is 216 Å². The second-order valence-corrected chi connectivity index (χ2v) is 9.09. The van der Waals surface area contributed by atoms with Gasteiger partial charge in [0.25, 0.3) is 5.91 Å². The van der Waals surface area contributed by atoms with Crippen LogP contribution >= 0.6 is 23.2 Å². The van der Waals surface area contributed by atoms with Gasteiger partial charge < -0.3 is 14.4 Å². The maximum absolute atomic E-state index is 13.2. The van der Waals surface area contributed by atoms with E-state index >= 15 is 0 Å². The van der Waals surface area contributed by atoms with E-state index in [1.807, 2.05) is 6.07 Å². The van der Waals surface area contributed by atoms with E-state index < -0.39 is 11.7 Å². The number of aromatic nitrogens is 1. The van der Waals surface area contributed by atoms with Crippen molar-refractivity contribution in [2.45, 2.75) is 12.1 Å². The maximum atomic E-state index is 13.2. The molecule has 0 N–H and O–H groups in total. The number of likely N-dealkylation sites (tertiary alicyclic amines) is 1. The molecule has 1 aliphatic rings. The minimum atomic E-state index is -4.45. The molecule has 2 atom stereocenters. The molecule has 1 aliphatic heterocycles. The van der Waals surface area contributed by atoms with Crippen molar-refractivity contribution >= 4 is 29.1 Å². The Hall–Kier alpha value is -3.23. The van der Waals surface area contributed by atoms with Gasteiger partial charge in [0.1, 0.15) is 11.5 Å². The molecule has 36 heavy (non-hydrogen) atoms. The summed E-state index contributed by atoms with van der Waals surface area (Å²) in [6.45, 7) is 4.65. The van der Waals surface area contributed by atoms with Crippen molar-refractivity contribution < 1.29 is 27.4 Å². The Morgan fingerprint density at radius 2 is 1.78 bits per heavy atom.